The lowest BCUT2D eigenvalue weighted by Gasteiger charge is -2.01. The first-order chi connectivity index (χ1) is 9.78. The lowest BCUT2D eigenvalue weighted by atomic mass is 10.2. The van der Waals surface area contributed by atoms with Crippen LogP contribution < -0.4 is 5.32 Å². The molecule has 20 heavy (non-hydrogen) atoms. The average Bonchev–Trinajstić information content (AvgIpc) is 3.19. The quantitative estimate of drug-likeness (QED) is 0.884. The van der Waals surface area contributed by atoms with Crippen LogP contribution in [0.5, 0.6) is 0 Å². The van der Waals surface area contributed by atoms with Crippen molar-refractivity contribution in [2.45, 2.75) is 45.2 Å². The second-order valence-corrected chi connectivity index (χ2v) is 6.21. The van der Waals surface area contributed by atoms with Gasteiger partial charge in [0.2, 0.25) is 0 Å². The van der Waals surface area contributed by atoms with Crippen molar-refractivity contribution in [2.75, 3.05) is 0 Å². The van der Waals surface area contributed by atoms with Crippen LogP contribution in [0.4, 0.5) is 4.39 Å². The normalized spacial score (nSPS) is 14.7. The van der Waals surface area contributed by atoms with Crippen LogP contribution >= 0.6 is 11.3 Å². The number of nitrogens with one attached hydrogen (secondary N) is 1. The summed E-state index contributed by atoms with van der Waals surface area (Å²) in [6, 6.07) is 3.71. The molecule has 3 nitrogen and oxygen atoms in total. The SMILES string of the molecule is CCCc1nc(-c2ncccc2F)sc1CNC1CC1. The molecule has 2 heterocycles. The first kappa shape index (κ1) is 13.6. The molecule has 0 unspecified atom stereocenters. The summed E-state index contributed by atoms with van der Waals surface area (Å²) in [4.78, 5) is 9.95. The van der Waals surface area contributed by atoms with E-state index in [-0.39, 0.29) is 5.82 Å². The molecule has 0 aromatic carbocycles. The van der Waals surface area contributed by atoms with Crippen LogP contribution in [0.1, 0.15) is 36.8 Å². The molecule has 0 atom stereocenters. The van der Waals surface area contributed by atoms with E-state index < -0.39 is 0 Å². The zero-order valence-electron chi connectivity index (χ0n) is 11.5. The van der Waals surface area contributed by atoms with Crippen LogP contribution in [0.15, 0.2) is 18.3 Å². The molecule has 1 aliphatic carbocycles. The van der Waals surface area contributed by atoms with Crippen molar-refractivity contribution in [3.63, 3.8) is 0 Å². The van der Waals surface area contributed by atoms with Gasteiger partial charge < -0.3 is 5.32 Å². The Balaban J connectivity index is 1.87. The van der Waals surface area contributed by atoms with E-state index in [0.717, 1.165) is 25.1 Å². The highest BCUT2D eigenvalue weighted by Gasteiger charge is 2.22. The van der Waals surface area contributed by atoms with Gasteiger partial charge in [-0.25, -0.2) is 9.37 Å². The van der Waals surface area contributed by atoms with E-state index in [1.54, 1.807) is 23.6 Å². The molecule has 3 rings (SSSR count). The summed E-state index contributed by atoms with van der Waals surface area (Å²) in [5.74, 6) is -0.300. The van der Waals surface area contributed by atoms with Gasteiger partial charge in [-0.05, 0) is 31.4 Å². The Morgan fingerprint density at radius 1 is 1.45 bits per heavy atom. The molecular weight excluding hydrogens is 273 g/mol. The van der Waals surface area contributed by atoms with Crippen LogP contribution in [0.25, 0.3) is 10.7 Å². The summed E-state index contributed by atoms with van der Waals surface area (Å²) in [7, 11) is 0. The summed E-state index contributed by atoms with van der Waals surface area (Å²) >= 11 is 1.56. The summed E-state index contributed by atoms with van der Waals surface area (Å²) in [6.45, 7) is 2.98. The van der Waals surface area contributed by atoms with Crippen LogP contribution in [-0.2, 0) is 13.0 Å². The van der Waals surface area contributed by atoms with Gasteiger partial charge in [-0.3, -0.25) is 4.98 Å². The molecule has 1 N–H and O–H groups in total. The topological polar surface area (TPSA) is 37.8 Å². The van der Waals surface area contributed by atoms with Crippen LogP contribution in [0.2, 0.25) is 0 Å². The molecule has 106 valence electrons. The summed E-state index contributed by atoms with van der Waals surface area (Å²) in [5.41, 5.74) is 1.46. The molecule has 5 heteroatoms. The maximum Gasteiger partial charge on any atom is 0.151 e. The Bertz CT molecular complexity index is 593. The molecule has 0 amide bonds. The number of halogens is 1. The zero-order valence-corrected chi connectivity index (χ0v) is 12.3. The van der Waals surface area contributed by atoms with Gasteiger partial charge in [-0.2, -0.15) is 0 Å². The molecule has 2 aromatic heterocycles. The largest absolute Gasteiger partial charge is 0.309 e. The zero-order chi connectivity index (χ0) is 13.9. The van der Waals surface area contributed by atoms with E-state index >= 15 is 0 Å². The number of thiazole rings is 1. The molecule has 0 spiro atoms. The first-order valence-electron chi connectivity index (χ1n) is 7.10. The minimum absolute atomic E-state index is 0.300. The fraction of sp³-hybridized carbons (Fsp3) is 0.467. The fourth-order valence-electron chi connectivity index (χ4n) is 2.12. The molecule has 0 radical (unpaired) electrons. The highest BCUT2D eigenvalue weighted by atomic mass is 32.1. The van der Waals surface area contributed by atoms with Crippen molar-refractivity contribution in [1.29, 1.82) is 0 Å². The number of aromatic nitrogens is 2. The van der Waals surface area contributed by atoms with Gasteiger partial charge in [-0.15, -0.1) is 11.3 Å². The van der Waals surface area contributed by atoms with E-state index in [2.05, 4.69) is 22.2 Å². The van der Waals surface area contributed by atoms with E-state index in [1.807, 2.05) is 0 Å². The third-order valence-electron chi connectivity index (χ3n) is 3.35. The van der Waals surface area contributed by atoms with Crippen LogP contribution in [0.3, 0.4) is 0 Å². The van der Waals surface area contributed by atoms with E-state index in [4.69, 9.17) is 0 Å². The number of aryl methyl sites for hydroxylation is 1. The second kappa shape index (κ2) is 5.97. The van der Waals surface area contributed by atoms with Gasteiger partial charge in [0, 0.05) is 23.7 Å². The molecule has 0 aliphatic heterocycles. The number of nitrogens with zero attached hydrogens (tertiary/aromatic N) is 2. The van der Waals surface area contributed by atoms with E-state index in [9.17, 15) is 4.39 Å². The molecule has 2 aromatic rings. The second-order valence-electron chi connectivity index (χ2n) is 5.13. The Kier molecular flexibility index (Phi) is 4.08. The number of hydrogen-bond acceptors (Lipinski definition) is 4. The molecular formula is C15H18FN3S. The molecule has 0 bridgehead atoms. The highest BCUT2D eigenvalue weighted by Crippen LogP contribution is 2.30. The number of pyridine rings is 1. The maximum absolute atomic E-state index is 13.8. The molecule has 0 saturated heterocycles. The third-order valence-corrected chi connectivity index (χ3v) is 4.46. The summed E-state index contributed by atoms with van der Waals surface area (Å²) in [5, 5.41) is 4.20. The highest BCUT2D eigenvalue weighted by molar-refractivity contribution is 7.15. The minimum Gasteiger partial charge on any atom is -0.309 e. The van der Waals surface area contributed by atoms with E-state index in [1.165, 1.54) is 23.8 Å². The molecule has 1 aliphatic rings. The van der Waals surface area contributed by atoms with Gasteiger partial charge in [0.15, 0.2) is 5.82 Å². The Morgan fingerprint density at radius 2 is 2.30 bits per heavy atom. The minimum atomic E-state index is -0.300. The van der Waals surface area contributed by atoms with Crippen molar-refractivity contribution >= 4 is 11.3 Å². The average molecular weight is 291 g/mol. The summed E-state index contributed by atoms with van der Waals surface area (Å²) in [6.07, 6.45) is 6.13. The fourth-order valence-corrected chi connectivity index (χ4v) is 3.18. The van der Waals surface area contributed by atoms with Gasteiger partial charge in [0.1, 0.15) is 10.7 Å². The van der Waals surface area contributed by atoms with Crippen molar-refractivity contribution in [2.24, 2.45) is 0 Å². The molecule has 1 saturated carbocycles. The number of hydrogen-bond donors (Lipinski definition) is 1. The maximum atomic E-state index is 13.8. The van der Waals surface area contributed by atoms with E-state index in [0.29, 0.717) is 16.7 Å². The molecule has 1 fully saturated rings. The van der Waals surface area contributed by atoms with Crippen molar-refractivity contribution in [3.8, 4) is 10.7 Å². The van der Waals surface area contributed by atoms with Gasteiger partial charge >= 0.3 is 0 Å². The Hall–Kier alpha value is -1.33. The van der Waals surface area contributed by atoms with Crippen molar-refractivity contribution in [1.82, 2.24) is 15.3 Å². The Morgan fingerprint density at radius 3 is 3.00 bits per heavy atom. The van der Waals surface area contributed by atoms with Crippen molar-refractivity contribution in [3.05, 3.63) is 34.7 Å². The predicted octanol–water partition coefficient (Wildman–Crippen LogP) is 3.55. The first-order valence-corrected chi connectivity index (χ1v) is 7.92. The van der Waals surface area contributed by atoms with Crippen molar-refractivity contribution < 1.29 is 4.39 Å². The van der Waals surface area contributed by atoms with Gasteiger partial charge in [-0.1, -0.05) is 13.3 Å². The third kappa shape index (κ3) is 3.04. The van der Waals surface area contributed by atoms with Crippen LogP contribution in [-0.4, -0.2) is 16.0 Å². The Labute approximate surface area is 122 Å². The monoisotopic (exact) mass is 291 g/mol. The van der Waals surface area contributed by atoms with Crippen LogP contribution in [0, 0.1) is 5.82 Å². The number of rotatable bonds is 6. The predicted molar refractivity (Wildman–Crippen MR) is 79.2 cm³/mol. The van der Waals surface area contributed by atoms with Gasteiger partial charge in [0.05, 0.1) is 5.69 Å². The summed E-state index contributed by atoms with van der Waals surface area (Å²) < 4.78 is 13.8. The lowest BCUT2D eigenvalue weighted by molar-refractivity contribution is 0.625. The smallest absolute Gasteiger partial charge is 0.151 e. The lowest BCUT2D eigenvalue weighted by Crippen LogP contribution is -2.15. The standard InChI is InChI=1S/C15H18FN3S/c1-2-4-12-13(9-18-10-6-7-10)20-15(19-12)14-11(16)5-3-8-17-14/h3,5,8,10,18H,2,4,6-7,9H2,1H3. The van der Waals surface area contributed by atoms with Gasteiger partial charge in [0.25, 0.3) is 0 Å².